The van der Waals surface area contributed by atoms with Gasteiger partial charge in [-0.2, -0.15) is 0 Å². The minimum atomic E-state index is -0.482. The van der Waals surface area contributed by atoms with E-state index in [0.717, 1.165) is 51.4 Å². The van der Waals surface area contributed by atoms with Crippen LogP contribution in [0.3, 0.4) is 0 Å². The molecule has 10 heteroatoms. The van der Waals surface area contributed by atoms with Crippen LogP contribution in [0.1, 0.15) is 90.9 Å². The summed E-state index contributed by atoms with van der Waals surface area (Å²) in [6, 6.07) is 0. The van der Waals surface area contributed by atoms with Gasteiger partial charge < -0.3 is 29.6 Å². The molecular formula is C30H46N2O8. The summed E-state index contributed by atoms with van der Waals surface area (Å²) >= 11 is 0. The van der Waals surface area contributed by atoms with E-state index in [9.17, 15) is 19.2 Å². The number of carbonyl (C=O) groups excluding carboxylic acids is 4. The van der Waals surface area contributed by atoms with Gasteiger partial charge >= 0.3 is 24.1 Å². The largest absolute Gasteiger partial charge is 0.455 e. The zero-order chi connectivity index (χ0) is 29.1. The Bertz CT molecular complexity index is 853. The Labute approximate surface area is 237 Å². The number of hydrogen-bond acceptors (Lipinski definition) is 8. The standard InChI is InChI=1S/C30H46N2O8/c1-19(2)27(33)37-23-9-5-7-11-25(23)39-29(35)31-17-21-13-15-22(16-14-21)18-32-30(36)40-26-12-8-6-10-24(26)38-28(34)20(3)4/h21-26H,1,3,5-18H2,2,4H3,(H,31,35)(H,32,36). The van der Waals surface area contributed by atoms with E-state index in [2.05, 4.69) is 23.8 Å². The van der Waals surface area contributed by atoms with Crippen LogP contribution in [-0.2, 0) is 28.5 Å². The van der Waals surface area contributed by atoms with Gasteiger partial charge in [0.2, 0.25) is 0 Å². The Kier molecular flexibility index (Phi) is 12.3. The summed E-state index contributed by atoms with van der Waals surface area (Å²) in [6.07, 6.45) is 7.41. The van der Waals surface area contributed by atoms with Crippen LogP contribution in [0.4, 0.5) is 9.59 Å². The predicted octanol–water partition coefficient (Wildman–Crippen LogP) is 5.11. The van der Waals surface area contributed by atoms with Gasteiger partial charge in [0, 0.05) is 24.2 Å². The zero-order valence-corrected chi connectivity index (χ0v) is 24.0. The Morgan fingerprint density at radius 2 is 0.850 bits per heavy atom. The van der Waals surface area contributed by atoms with Gasteiger partial charge in [-0.3, -0.25) is 0 Å². The molecule has 3 aliphatic rings. The normalized spacial score (nSPS) is 28.4. The van der Waals surface area contributed by atoms with E-state index < -0.39 is 48.5 Å². The molecule has 3 saturated carbocycles. The molecule has 4 atom stereocenters. The molecule has 10 nitrogen and oxygen atoms in total. The number of rotatable bonds is 10. The quantitative estimate of drug-likeness (QED) is 0.214. The van der Waals surface area contributed by atoms with E-state index in [1.54, 1.807) is 13.8 Å². The Morgan fingerprint density at radius 3 is 1.15 bits per heavy atom. The van der Waals surface area contributed by atoms with Gasteiger partial charge in [-0.15, -0.1) is 0 Å². The first-order valence-corrected chi connectivity index (χ1v) is 14.7. The Balaban J connectivity index is 1.32. The first-order chi connectivity index (χ1) is 19.1. The number of carbonyl (C=O) groups is 4. The van der Waals surface area contributed by atoms with E-state index in [1.807, 2.05) is 0 Å². The maximum Gasteiger partial charge on any atom is 0.407 e. The van der Waals surface area contributed by atoms with Crippen molar-refractivity contribution in [1.29, 1.82) is 0 Å². The molecule has 0 saturated heterocycles. The molecule has 4 unspecified atom stereocenters. The SMILES string of the molecule is C=C(C)C(=O)OC1CCCCC1OC(=O)NCC1CCC(CNC(=O)OC2CCCCC2OC(=O)C(=C)C)CC1. The fraction of sp³-hybridized carbons (Fsp3) is 0.733. The van der Waals surface area contributed by atoms with Crippen molar-refractivity contribution in [2.24, 2.45) is 11.8 Å². The van der Waals surface area contributed by atoms with E-state index in [0.29, 0.717) is 61.8 Å². The third kappa shape index (κ3) is 10.2. The van der Waals surface area contributed by atoms with Crippen molar-refractivity contribution in [3.63, 3.8) is 0 Å². The van der Waals surface area contributed by atoms with Crippen LogP contribution < -0.4 is 10.6 Å². The smallest absolute Gasteiger partial charge is 0.407 e. The molecule has 0 aromatic heterocycles. The second kappa shape index (κ2) is 15.7. The van der Waals surface area contributed by atoms with Crippen LogP contribution in [0.15, 0.2) is 24.3 Å². The summed E-state index contributed by atoms with van der Waals surface area (Å²) in [4.78, 5) is 48.7. The summed E-state index contributed by atoms with van der Waals surface area (Å²) < 4.78 is 22.2. The number of esters is 2. The fourth-order valence-corrected chi connectivity index (χ4v) is 5.59. The second-order valence-corrected chi connectivity index (χ2v) is 11.6. The van der Waals surface area contributed by atoms with Crippen molar-refractivity contribution in [2.75, 3.05) is 13.1 Å². The van der Waals surface area contributed by atoms with Gasteiger partial charge in [0.1, 0.15) is 24.4 Å². The average molecular weight is 563 g/mol. The highest BCUT2D eigenvalue weighted by Crippen LogP contribution is 2.29. The lowest BCUT2D eigenvalue weighted by Crippen LogP contribution is -2.42. The highest BCUT2D eigenvalue weighted by molar-refractivity contribution is 5.87. The first-order valence-electron chi connectivity index (χ1n) is 14.7. The number of amides is 2. The molecule has 2 amide bonds. The van der Waals surface area contributed by atoms with Crippen LogP contribution in [0.5, 0.6) is 0 Å². The lowest BCUT2D eigenvalue weighted by molar-refractivity contribution is -0.153. The summed E-state index contributed by atoms with van der Waals surface area (Å²) in [5.74, 6) is -0.235. The number of ether oxygens (including phenoxy) is 4. The highest BCUT2D eigenvalue weighted by Gasteiger charge is 2.33. The Morgan fingerprint density at radius 1 is 0.550 bits per heavy atom. The van der Waals surface area contributed by atoms with Crippen LogP contribution in [0.25, 0.3) is 0 Å². The Hall–Kier alpha value is -3.04. The van der Waals surface area contributed by atoms with E-state index in [-0.39, 0.29) is 0 Å². The van der Waals surface area contributed by atoms with Crippen molar-refractivity contribution in [2.45, 2.75) is 115 Å². The zero-order valence-electron chi connectivity index (χ0n) is 24.0. The molecule has 3 aliphatic carbocycles. The van der Waals surface area contributed by atoms with Crippen LogP contribution in [0, 0.1) is 11.8 Å². The number of alkyl carbamates (subject to hydrolysis) is 2. The van der Waals surface area contributed by atoms with Gasteiger partial charge in [-0.25, -0.2) is 19.2 Å². The van der Waals surface area contributed by atoms with Gasteiger partial charge in [-0.1, -0.05) is 13.2 Å². The second-order valence-electron chi connectivity index (χ2n) is 11.6. The molecule has 3 fully saturated rings. The summed E-state index contributed by atoms with van der Waals surface area (Å²) in [7, 11) is 0. The molecule has 0 heterocycles. The van der Waals surface area contributed by atoms with Gasteiger partial charge in [0.05, 0.1) is 0 Å². The lowest BCUT2D eigenvalue weighted by Gasteiger charge is -2.32. The highest BCUT2D eigenvalue weighted by atomic mass is 16.6. The van der Waals surface area contributed by atoms with Gasteiger partial charge in [-0.05, 0) is 103 Å². The van der Waals surface area contributed by atoms with Crippen LogP contribution >= 0.6 is 0 Å². The average Bonchev–Trinajstić information content (AvgIpc) is 2.93. The molecule has 40 heavy (non-hydrogen) atoms. The fourth-order valence-electron chi connectivity index (χ4n) is 5.59. The van der Waals surface area contributed by atoms with Gasteiger partial charge in [0.15, 0.2) is 0 Å². The molecule has 0 aromatic carbocycles. The topological polar surface area (TPSA) is 129 Å². The predicted molar refractivity (Wildman–Crippen MR) is 148 cm³/mol. The van der Waals surface area contributed by atoms with Crippen molar-refractivity contribution < 1.29 is 38.1 Å². The number of nitrogens with one attached hydrogen (secondary N) is 2. The maximum absolute atomic E-state index is 12.5. The van der Waals surface area contributed by atoms with Crippen LogP contribution in [-0.4, -0.2) is 61.6 Å². The van der Waals surface area contributed by atoms with Crippen molar-refractivity contribution in [1.82, 2.24) is 10.6 Å². The van der Waals surface area contributed by atoms with Crippen molar-refractivity contribution >= 4 is 24.1 Å². The summed E-state index contributed by atoms with van der Waals surface area (Å²) in [5, 5.41) is 5.76. The molecule has 3 rings (SSSR count). The molecular weight excluding hydrogens is 516 g/mol. The maximum atomic E-state index is 12.5. The number of hydrogen-bond donors (Lipinski definition) is 2. The van der Waals surface area contributed by atoms with E-state index in [1.165, 1.54) is 0 Å². The molecule has 2 N–H and O–H groups in total. The van der Waals surface area contributed by atoms with E-state index in [4.69, 9.17) is 18.9 Å². The molecule has 0 aliphatic heterocycles. The first kappa shape index (κ1) is 31.5. The van der Waals surface area contributed by atoms with Crippen molar-refractivity contribution in [3.05, 3.63) is 24.3 Å². The molecule has 224 valence electrons. The van der Waals surface area contributed by atoms with Gasteiger partial charge in [0.25, 0.3) is 0 Å². The lowest BCUT2D eigenvalue weighted by atomic mass is 9.82. The monoisotopic (exact) mass is 562 g/mol. The third-order valence-corrected chi connectivity index (χ3v) is 8.05. The molecule has 0 radical (unpaired) electrons. The minimum absolute atomic E-state index is 0.330. The molecule has 0 spiro atoms. The van der Waals surface area contributed by atoms with Crippen LogP contribution in [0.2, 0.25) is 0 Å². The third-order valence-electron chi connectivity index (χ3n) is 8.05. The van der Waals surface area contributed by atoms with Crippen molar-refractivity contribution in [3.8, 4) is 0 Å². The summed E-state index contributed by atoms with van der Waals surface area (Å²) in [6.45, 7) is 11.5. The summed E-state index contributed by atoms with van der Waals surface area (Å²) in [5.41, 5.74) is 0.659. The molecule has 0 aromatic rings. The molecule has 0 bridgehead atoms. The van der Waals surface area contributed by atoms with E-state index >= 15 is 0 Å². The minimum Gasteiger partial charge on any atom is -0.455 e.